The first-order valence-corrected chi connectivity index (χ1v) is 5.40. The molecule has 0 heterocycles. The lowest BCUT2D eigenvalue weighted by Gasteiger charge is -2.17. The molecule has 0 amide bonds. The molecule has 0 aliphatic rings. The molecule has 0 aromatic heterocycles. The van der Waals surface area contributed by atoms with Gasteiger partial charge in [-0.15, -0.1) is 0 Å². The Balaban J connectivity index is 2.56. The summed E-state index contributed by atoms with van der Waals surface area (Å²) in [4.78, 5) is 0. The maximum absolute atomic E-state index is 5.88. The molecule has 0 saturated heterocycles. The van der Waals surface area contributed by atoms with E-state index in [1.165, 1.54) is 0 Å². The normalized spacial score (nSPS) is 12.2. The van der Waals surface area contributed by atoms with E-state index >= 15 is 0 Å². The zero-order chi connectivity index (χ0) is 12.7. The molecule has 1 rings (SSSR count). The molecular weight excluding hydrogens is 220 g/mol. The first-order valence-electron chi connectivity index (χ1n) is 5.40. The fraction of sp³-hybridized carbons (Fsp3) is 0.500. The Hall–Kier alpha value is -1.46. The largest absolute Gasteiger partial charge is 0.497 e. The summed E-state index contributed by atoms with van der Waals surface area (Å²) in [5.74, 6) is 0.744. The Morgan fingerprint density at radius 2 is 2.06 bits per heavy atom. The standard InChI is InChI=1S/C12H20N2O3/c1-15-8-10(17-3)7-14-12-5-4-9(16-2)6-11(12)13/h4-6,10,14H,7-8,13H2,1-3H3. The molecule has 0 radical (unpaired) electrons. The molecule has 0 fully saturated rings. The van der Waals surface area contributed by atoms with Crippen molar-refractivity contribution >= 4 is 11.4 Å². The van der Waals surface area contributed by atoms with E-state index in [1.54, 1.807) is 27.4 Å². The van der Waals surface area contributed by atoms with E-state index in [4.69, 9.17) is 19.9 Å². The molecule has 0 aliphatic carbocycles. The van der Waals surface area contributed by atoms with Crippen LogP contribution in [-0.2, 0) is 9.47 Å². The average Bonchev–Trinajstić information content (AvgIpc) is 2.35. The summed E-state index contributed by atoms with van der Waals surface area (Å²) in [7, 11) is 4.91. The molecule has 1 aromatic rings. The molecule has 1 unspecified atom stereocenters. The van der Waals surface area contributed by atoms with Gasteiger partial charge in [0.1, 0.15) is 5.75 Å². The van der Waals surface area contributed by atoms with Crippen LogP contribution in [-0.4, -0.2) is 40.6 Å². The second-order valence-electron chi connectivity index (χ2n) is 3.65. The number of hydrogen-bond acceptors (Lipinski definition) is 5. The van der Waals surface area contributed by atoms with Crippen LogP contribution in [0.5, 0.6) is 5.75 Å². The molecule has 96 valence electrons. The van der Waals surface area contributed by atoms with Crippen molar-refractivity contribution in [1.82, 2.24) is 0 Å². The Morgan fingerprint density at radius 1 is 1.29 bits per heavy atom. The van der Waals surface area contributed by atoms with Crippen LogP contribution in [0.25, 0.3) is 0 Å². The van der Waals surface area contributed by atoms with E-state index in [-0.39, 0.29) is 6.10 Å². The van der Waals surface area contributed by atoms with Gasteiger partial charge in [0.05, 0.1) is 31.2 Å². The number of hydrogen-bond donors (Lipinski definition) is 2. The van der Waals surface area contributed by atoms with Gasteiger partial charge < -0.3 is 25.3 Å². The number of anilines is 2. The summed E-state index contributed by atoms with van der Waals surface area (Å²) >= 11 is 0. The van der Waals surface area contributed by atoms with Crippen molar-refractivity contribution < 1.29 is 14.2 Å². The Kier molecular flexibility index (Phi) is 5.59. The maximum atomic E-state index is 5.88. The minimum atomic E-state index is 0.00139. The summed E-state index contributed by atoms with van der Waals surface area (Å²) in [5, 5.41) is 3.21. The number of benzene rings is 1. The third-order valence-electron chi connectivity index (χ3n) is 2.46. The lowest BCUT2D eigenvalue weighted by Crippen LogP contribution is -2.26. The molecule has 17 heavy (non-hydrogen) atoms. The lowest BCUT2D eigenvalue weighted by molar-refractivity contribution is 0.0366. The van der Waals surface area contributed by atoms with Gasteiger partial charge in [0.15, 0.2) is 0 Å². The highest BCUT2D eigenvalue weighted by Crippen LogP contribution is 2.23. The van der Waals surface area contributed by atoms with Crippen LogP contribution in [0.2, 0.25) is 0 Å². The summed E-state index contributed by atoms with van der Waals surface area (Å²) in [5.41, 5.74) is 7.40. The number of nitrogens with one attached hydrogen (secondary N) is 1. The highest BCUT2D eigenvalue weighted by molar-refractivity contribution is 5.68. The highest BCUT2D eigenvalue weighted by Gasteiger charge is 2.07. The van der Waals surface area contributed by atoms with Crippen LogP contribution in [0.3, 0.4) is 0 Å². The smallest absolute Gasteiger partial charge is 0.121 e. The van der Waals surface area contributed by atoms with Crippen molar-refractivity contribution in [2.24, 2.45) is 0 Å². The van der Waals surface area contributed by atoms with E-state index in [0.717, 1.165) is 11.4 Å². The molecular formula is C12H20N2O3. The van der Waals surface area contributed by atoms with Gasteiger partial charge in [0.2, 0.25) is 0 Å². The number of methoxy groups -OCH3 is 3. The van der Waals surface area contributed by atoms with Gasteiger partial charge in [-0.3, -0.25) is 0 Å². The fourth-order valence-electron chi connectivity index (χ4n) is 1.45. The first kappa shape index (κ1) is 13.6. The predicted molar refractivity (Wildman–Crippen MR) is 68.6 cm³/mol. The van der Waals surface area contributed by atoms with Crippen molar-refractivity contribution in [3.05, 3.63) is 18.2 Å². The van der Waals surface area contributed by atoms with Gasteiger partial charge in [0, 0.05) is 26.8 Å². The van der Waals surface area contributed by atoms with Crippen molar-refractivity contribution in [3.63, 3.8) is 0 Å². The minimum absolute atomic E-state index is 0.00139. The molecule has 0 aliphatic heterocycles. The third kappa shape index (κ3) is 4.13. The zero-order valence-corrected chi connectivity index (χ0v) is 10.5. The van der Waals surface area contributed by atoms with E-state index in [1.807, 2.05) is 12.1 Å². The molecule has 5 nitrogen and oxygen atoms in total. The lowest BCUT2D eigenvalue weighted by atomic mass is 10.2. The van der Waals surface area contributed by atoms with Gasteiger partial charge in [-0.1, -0.05) is 0 Å². The molecule has 0 saturated carbocycles. The molecule has 5 heteroatoms. The second-order valence-corrected chi connectivity index (χ2v) is 3.65. The van der Waals surface area contributed by atoms with Crippen molar-refractivity contribution in [3.8, 4) is 5.75 Å². The average molecular weight is 240 g/mol. The van der Waals surface area contributed by atoms with Gasteiger partial charge in [-0.2, -0.15) is 0 Å². The fourth-order valence-corrected chi connectivity index (χ4v) is 1.45. The summed E-state index contributed by atoms with van der Waals surface area (Å²) in [6.45, 7) is 1.18. The van der Waals surface area contributed by atoms with Crippen LogP contribution >= 0.6 is 0 Å². The SMILES string of the molecule is COCC(CNc1ccc(OC)cc1N)OC. The third-order valence-corrected chi connectivity index (χ3v) is 2.46. The topological polar surface area (TPSA) is 65.7 Å². The van der Waals surface area contributed by atoms with E-state index in [0.29, 0.717) is 18.8 Å². The van der Waals surface area contributed by atoms with E-state index < -0.39 is 0 Å². The van der Waals surface area contributed by atoms with Crippen molar-refractivity contribution in [2.75, 3.05) is 45.5 Å². The van der Waals surface area contributed by atoms with Crippen LogP contribution in [0, 0.1) is 0 Å². The molecule has 0 spiro atoms. The number of rotatable bonds is 7. The molecule has 3 N–H and O–H groups in total. The highest BCUT2D eigenvalue weighted by atomic mass is 16.5. The Labute approximate surface area is 102 Å². The summed E-state index contributed by atoms with van der Waals surface area (Å²) in [6, 6.07) is 5.52. The molecule has 1 aromatic carbocycles. The van der Waals surface area contributed by atoms with Crippen LogP contribution in [0.1, 0.15) is 0 Å². The number of ether oxygens (including phenoxy) is 3. The van der Waals surface area contributed by atoms with Gasteiger partial charge in [-0.05, 0) is 12.1 Å². The predicted octanol–water partition coefficient (Wildman–Crippen LogP) is 1.35. The van der Waals surface area contributed by atoms with Crippen LogP contribution < -0.4 is 15.8 Å². The Bertz CT molecular complexity index is 345. The quantitative estimate of drug-likeness (QED) is 0.704. The monoisotopic (exact) mass is 240 g/mol. The van der Waals surface area contributed by atoms with Crippen molar-refractivity contribution in [2.45, 2.75) is 6.10 Å². The Morgan fingerprint density at radius 3 is 2.59 bits per heavy atom. The number of nitrogens with two attached hydrogens (primary N) is 1. The van der Waals surface area contributed by atoms with E-state index in [2.05, 4.69) is 5.32 Å². The minimum Gasteiger partial charge on any atom is -0.497 e. The van der Waals surface area contributed by atoms with Gasteiger partial charge in [0.25, 0.3) is 0 Å². The second kappa shape index (κ2) is 6.98. The maximum Gasteiger partial charge on any atom is 0.121 e. The van der Waals surface area contributed by atoms with Gasteiger partial charge >= 0.3 is 0 Å². The number of nitrogen functional groups attached to an aromatic ring is 1. The summed E-state index contributed by atoms with van der Waals surface area (Å²) < 4.78 is 15.4. The molecule has 1 atom stereocenters. The first-order chi connectivity index (χ1) is 8.21. The van der Waals surface area contributed by atoms with Crippen molar-refractivity contribution in [1.29, 1.82) is 0 Å². The van der Waals surface area contributed by atoms with Crippen LogP contribution in [0.4, 0.5) is 11.4 Å². The van der Waals surface area contributed by atoms with Gasteiger partial charge in [-0.25, -0.2) is 0 Å². The van der Waals surface area contributed by atoms with E-state index in [9.17, 15) is 0 Å². The summed E-state index contributed by atoms with van der Waals surface area (Å²) in [6.07, 6.45) is 0.00139. The zero-order valence-electron chi connectivity index (χ0n) is 10.5. The molecule has 0 bridgehead atoms. The van der Waals surface area contributed by atoms with Crippen LogP contribution in [0.15, 0.2) is 18.2 Å².